The fraction of sp³-hybridized carbons (Fsp3) is 0.417. The van der Waals surface area contributed by atoms with Gasteiger partial charge in [-0.15, -0.1) is 0 Å². The van der Waals surface area contributed by atoms with Crippen molar-refractivity contribution in [2.45, 2.75) is 19.0 Å². The highest BCUT2D eigenvalue weighted by molar-refractivity contribution is 9.10. The van der Waals surface area contributed by atoms with Crippen LogP contribution in [-0.4, -0.2) is 30.1 Å². The van der Waals surface area contributed by atoms with E-state index in [1.54, 1.807) is 0 Å². The average Bonchev–Trinajstić information content (AvgIpc) is 2.28. The summed E-state index contributed by atoms with van der Waals surface area (Å²) in [6, 6.07) is 3.89. The second-order valence-electron chi connectivity index (χ2n) is 4.11. The summed E-state index contributed by atoms with van der Waals surface area (Å²) in [4.78, 5) is 13.6. The molecular formula is C12H12BrF2NO. The number of amides is 1. The molecule has 17 heavy (non-hydrogen) atoms. The van der Waals surface area contributed by atoms with Crippen LogP contribution >= 0.6 is 15.9 Å². The van der Waals surface area contributed by atoms with Crippen molar-refractivity contribution in [2.75, 3.05) is 13.1 Å². The number of hydrogen-bond acceptors (Lipinski definition) is 1. The van der Waals surface area contributed by atoms with E-state index in [1.165, 1.54) is 23.1 Å². The van der Waals surface area contributed by atoms with Crippen LogP contribution in [0.3, 0.4) is 0 Å². The van der Waals surface area contributed by atoms with Gasteiger partial charge in [0.25, 0.3) is 5.91 Å². The summed E-state index contributed by atoms with van der Waals surface area (Å²) in [6.45, 7) is 0.686. The van der Waals surface area contributed by atoms with Gasteiger partial charge in [0, 0.05) is 11.0 Å². The van der Waals surface area contributed by atoms with Crippen molar-refractivity contribution < 1.29 is 13.6 Å². The Morgan fingerprint density at radius 1 is 1.47 bits per heavy atom. The summed E-state index contributed by atoms with van der Waals surface area (Å²) in [5.41, 5.74) is 0.375. The SMILES string of the molecule is O=C(c1ccc(F)cc1Br)N1CCCC(F)C1. The molecule has 92 valence electrons. The van der Waals surface area contributed by atoms with E-state index in [0.717, 1.165) is 0 Å². The van der Waals surface area contributed by atoms with Crippen molar-refractivity contribution in [1.82, 2.24) is 4.90 Å². The van der Waals surface area contributed by atoms with E-state index in [-0.39, 0.29) is 12.5 Å². The first-order valence-corrected chi connectivity index (χ1v) is 6.25. The molecule has 1 fully saturated rings. The number of carbonyl (C=O) groups is 1. The van der Waals surface area contributed by atoms with Gasteiger partial charge in [0.05, 0.1) is 12.1 Å². The van der Waals surface area contributed by atoms with Crippen LogP contribution in [0.1, 0.15) is 23.2 Å². The summed E-state index contributed by atoms with van der Waals surface area (Å²) in [5, 5.41) is 0. The topological polar surface area (TPSA) is 20.3 Å². The number of nitrogens with zero attached hydrogens (tertiary/aromatic N) is 1. The van der Waals surface area contributed by atoms with E-state index in [2.05, 4.69) is 15.9 Å². The first kappa shape index (κ1) is 12.5. The zero-order chi connectivity index (χ0) is 12.4. The fourth-order valence-corrected chi connectivity index (χ4v) is 2.46. The van der Waals surface area contributed by atoms with E-state index >= 15 is 0 Å². The van der Waals surface area contributed by atoms with Gasteiger partial charge in [-0.1, -0.05) is 0 Å². The Morgan fingerprint density at radius 2 is 2.24 bits per heavy atom. The minimum atomic E-state index is -0.952. The molecule has 1 amide bonds. The molecule has 1 atom stereocenters. The quantitative estimate of drug-likeness (QED) is 0.780. The predicted octanol–water partition coefficient (Wildman–Crippen LogP) is 3.16. The van der Waals surface area contributed by atoms with Crippen LogP contribution < -0.4 is 0 Å². The van der Waals surface area contributed by atoms with E-state index in [4.69, 9.17) is 0 Å². The summed E-state index contributed by atoms with van der Waals surface area (Å²) in [6.07, 6.45) is 0.229. The van der Waals surface area contributed by atoms with Crippen molar-refractivity contribution >= 4 is 21.8 Å². The number of alkyl halides is 1. The van der Waals surface area contributed by atoms with Gasteiger partial charge in [0.15, 0.2) is 0 Å². The molecule has 0 aromatic heterocycles. The van der Waals surface area contributed by atoms with E-state index in [9.17, 15) is 13.6 Å². The molecule has 1 heterocycles. The van der Waals surface area contributed by atoms with Crippen molar-refractivity contribution in [3.05, 3.63) is 34.1 Å². The molecule has 2 rings (SSSR count). The van der Waals surface area contributed by atoms with Crippen LogP contribution in [-0.2, 0) is 0 Å². The number of halogens is 3. The van der Waals surface area contributed by atoms with Gasteiger partial charge in [-0.05, 0) is 47.0 Å². The third-order valence-corrected chi connectivity index (χ3v) is 3.47. The third kappa shape index (κ3) is 2.83. The van der Waals surface area contributed by atoms with Crippen molar-refractivity contribution in [3.63, 3.8) is 0 Å². The van der Waals surface area contributed by atoms with Gasteiger partial charge in [0.1, 0.15) is 12.0 Å². The smallest absolute Gasteiger partial charge is 0.255 e. The van der Waals surface area contributed by atoms with Crippen LogP contribution in [0.5, 0.6) is 0 Å². The molecule has 1 saturated heterocycles. The average molecular weight is 304 g/mol. The second kappa shape index (κ2) is 5.12. The van der Waals surface area contributed by atoms with E-state index in [1.807, 2.05) is 0 Å². The number of likely N-dealkylation sites (tertiary alicyclic amines) is 1. The van der Waals surface area contributed by atoms with Gasteiger partial charge in [-0.2, -0.15) is 0 Å². The Hall–Kier alpha value is -0.970. The zero-order valence-corrected chi connectivity index (χ0v) is 10.7. The third-order valence-electron chi connectivity index (χ3n) is 2.81. The molecule has 1 aromatic carbocycles. The molecule has 0 N–H and O–H groups in total. The zero-order valence-electron chi connectivity index (χ0n) is 9.13. The Kier molecular flexibility index (Phi) is 3.76. The van der Waals surface area contributed by atoms with Gasteiger partial charge in [-0.25, -0.2) is 8.78 Å². The van der Waals surface area contributed by atoms with E-state index in [0.29, 0.717) is 29.4 Å². The standard InChI is InChI=1S/C12H12BrF2NO/c13-11-6-8(14)3-4-10(11)12(17)16-5-1-2-9(15)7-16/h3-4,6,9H,1-2,5,7H2. The van der Waals surface area contributed by atoms with Crippen LogP contribution in [0.4, 0.5) is 8.78 Å². The number of piperidine rings is 1. The largest absolute Gasteiger partial charge is 0.336 e. The van der Waals surface area contributed by atoms with Crippen molar-refractivity contribution in [3.8, 4) is 0 Å². The molecule has 0 aliphatic carbocycles. The second-order valence-corrected chi connectivity index (χ2v) is 4.97. The molecule has 1 aliphatic rings. The molecular weight excluding hydrogens is 292 g/mol. The van der Waals surface area contributed by atoms with Crippen LogP contribution in [0.25, 0.3) is 0 Å². The van der Waals surface area contributed by atoms with Gasteiger partial charge in [-0.3, -0.25) is 4.79 Å². The first-order chi connectivity index (χ1) is 8.08. The highest BCUT2D eigenvalue weighted by Gasteiger charge is 2.25. The van der Waals surface area contributed by atoms with Gasteiger partial charge in [0.2, 0.25) is 0 Å². The molecule has 2 nitrogen and oxygen atoms in total. The monoisotopic (exact) mass is 303 g/mol. The van der Waals surface area contributed by atoms with Crippen molar-refractivity contribution in [2.24, 2.45) is 0 Å². The summed E-state index contributed by atoms with van der Waals surface area (Å²) in [7, 11) is 0. The highest BCUT2D eigenvalue weighted by atomic mass is 79.9. The molecule has 0 saturated carbocycles. The maximum Gasteiger partial charge on any atom is 0.255 e. The summed E-state index contributed by atoms with van der Waals surface area (Å²) >= 11 is 3.15. The highest BCUT2D eigenvalue weighted by Crippen LogP contribution is 2.22. The Labute approximate surface area is 107 Å². The van der Waals surface area contributed by atoms with Gasteiger partial charge < -0.3 is 4.90 Å². The number of hydrogen-bond donors (Lipinski definition) is 0. The molecule has 0 radical (unpaired) electrons. The number of benzene rings is 1. The summed E-state index contributed by atoms with van der Waals surface area (Å²) in [5.74, 6) is -0.658. The lowest BCUT2D eigenvalue weighted by Crippen LogP contribution is -2.40. The first-order valence-electron chi connectivity index (χ1n) is 5.46. The van der Waals surface area contributed by atoms with Crippen LogP contribution in [0.15, 0.2) is 22.7 Å². The predicted molar refractivity (Wildman–Crippen MR) is 64.1 cm³/mol. The lowest BCUT2D eigenvalue weighted by atomic mass is 10.1. The summed E-state index contributed by atoms with van der Waals surface area (Å²) < 4.78 is 26.5. The van der Waals surface area contributed by atoms with Crippen LogP contribution in [0, 0.1) is 5.82 Å². The molecule has 0 bridgehead atoms. The Bertz CT molecular complexity index is 439. The minimum absolute atomic E-state index is 0.128. The Morgan fingerprint density at radius 3 is 2.88 bits per heavy atom. The van der Waals surface area contributed by atoms with Gasteiger partial charge >= 0.3 is 0 Å². The lowest BCUT2D eigenvalue weighted by molar-refractivity contribution is 0.0635. The van der Waals surface area contributed by atoms with E-state index < -0.39 is 12.0 Å². The Balaban J connectivity index is 2.18. The van der Waals surface area contributed by atoms with Crippen molar-refractivity contribution in [1.29, 1.82) is 0 Å². The molecule has 1 aromatic rings. The number of rotatable bonds is 1. The molecule has 5 heteroatoms. The number of carbonyl (C=O) groups excluding carboxylic acids is 1. The minimum Gasteiger partial charge on any atom is -0.336 e. The molecule has 1 aliphatic heterocycles. The molecule has 1 unspecified atom stereocenters. The fourth-order valence-electron chi connectivity index (χ4n) is 1.94. The normalized spacial score (nSPS) is 20.4. The maximum absolute atomic E-state index is 13.2. The molecule has 0 spiro atoms. The lowest BCUT2D eigenvalue weighted by Gasteiger charge is -2.29. The maximum atomic E-state index is 13.2. The van der Waals surface area contributed by atoms with Crippen LogP contribution in [0.2, 0.25) is 0 Å².